The number of hydrogen-bond acceptors (Lipinski definition) is 4. The van der Waals surface area contributed by atoms with Crippen molar-refractivity contribution >= 4 is 5.69 Å². The molecule has 5 heteroatoms. The molecule has 0 aromatic heterocycles. The monoisotopic (exact) mass is 257 g/mol. The number of rotatable bonds is 7. The first-order chi connectivity index (χ1) is 8.54. The van der Waals surface area contributed by atoms with Crippen LogP contribution in [0, 0.1) is 11.7 Å². The minimum atomic E-state index is -0.503. The summed E-state index contributed by atoms with van der Waals surface area (Å²) in [6.07, 6.45) is 0. The van der Waals surface area contributed by atoms with E-state index in [-0.39, 0.29) is 18.0 Å². The van der Waals surface area contributed by atoms with E-state index in [4.69, 9.17) is 19.9 Å². The summed E-state index contributed by atoms with van der Waals surface area (Å²) in [6, 6.07) is 2.62. The highest BCUT2D eigenvalue weighted by Crippen LogP contribution is 2.29. The van der Waals surface area contributed by atoms with E-state index in [1.165, 1.54) is 19.2 Å². The molecule has 0 saturated carbocycles. The number of ether oxygens (including phenoxy) is 3. The van der Waals surface area contributed by atoms with Gasteiger partial charge in [-0.25, -0.2) is 4.39 Å². The maximum atomic E-state index is 13.5. The summed E-state index contributed by atoms with van der Waals surface area (Å²) in [5, 5.41) is 0. The molecule has 102 valence electrons. The van der Waals surface area contributed by atoms with Crippen molar-refractivity contribution < 1.29 is 18.6 Å². The smallest absolute Gasteiger partial charge is 0.167 e. The van der Waals surface area contributed by atoms with Crippen molar-refractivity contribution in [3.63, 3.8) is 0 Å². The van der Waals surface area contributed by atoms with Crippen molar-refractivity contribution in [2.24, 2.45) is 5.92 Å². The van der Waals surface area contributed by atoms with Gasteiger partial charge in [0, 0.05) is 18.7 Å². The lowest BCUT2D eigenvalue weighted by Gasteiger charge is -2.11. The fourth-order valence-corrected chi connectivity index (χ4v) is 1.37. The van der Waals surface area contributed by atoms with Crippen LogP contribution in [-0.2, 0) is 4.74 Å². The van der Waals surface area contributed by atoms with Gasteiger partial charge in [0.15, 0.2) is 11.6 Å². The van der Waals surface area contributed by atoms with Gasteiger partial charge < -0.3 is 19.9 Å². The Hall–Kier alpha value is -1.49. The molecule has 18 heavy (non-hydrogen) atoms. The van der Waals surface area contributed by atoms with Crippen LogP contribution in [0.2, 0.25) is 0 Å². The van der Waals surface area contributed by atoms with E-state index in [1.807, 2.05) is 0 Å². The largest absolute Gasteiger partial charge is 0.494 e. The second-order valence-corrected chi connectivity index (χ2v) is 4.34. The van der Waals surface area contributed by atoms with E-state index in [9.17, 15) is 4.39 Å². The van der Waals surface area contributed by atoms with Crippen molar-refractivity contribution in [2.75, 3.05) is 32.7 Å². The Morgan fingerprint density at radius 2 is 1.94 bits per heavy atom. The van der Waals surface area contributed by atoms with Gasteiger partial charge in [-0.15, -0.1) is 0 Å². The van der Waals surface area contributed by atoms with Gasteiger partial charge in [0.2, 0.25) is 0 Å². The molecular formula is C13H20FNO3. The van der Waals surface area contributed by atoms with Crippen LogP contribution < -0.4 is 15.2 Å². The Bertz CT molecular complexity index is 383. The van der Waals surface area contributed by atoms with Crippen molar-refractivity contribution in [1.29, 1.82) is 0 Å². The number of halogens is 1. The minimum absolute atomic E-state index is 0.120. The quantitative estimate of drug-likeness (QED) is 0.602. The molecule has 0 aliphatic rings. The Labute approximate surface area is 107 Å². The first-order valence-electron chi connectivity index (χ1n) is 5.88. The van der Waals surface area contributed by atoms with E-state index in [1.54, 1.807) is 0 Å². The lowest BCUT2D eigenvalue weighted by Crippen LogP contribution is -2.11. The molecule has 1 rings (SSSR count). The van der Waals surface area contributed by atoms with Crippen molar-refractivity contribution in [2.45, 2.75) is 13.8 Å². The van der Waals surface area contributed by atoms with Crippen LogP contribution in [0.1, 0.15) is 13.8 Å². The molecule has 4 nitrogen and oxygen atoms in total. The van der Waals surface area contributed by atoms with Crippen LogP contribution in [0.25, 0.3) is 0 Å². The Balaban J connectivity index is 2.47. The number of nitrogen functional groups attached to an aromatic ring is 1. The molecule has 1 aromatic rings. The summed E-state index contributed by atoms with van der Waals surface area (Å²) >= 11 is 0. The summed E-state index contributed by atoms with van der Waals surface area (Å²) in [5.74, 6) is 0.485. The van der Waals surface area contributed by atoms with Gasteiger partial charge in [0.05, 0.1) is 19.4 Å². The van der Waals surface area contributed by atoms with Crippen LogP contribution in [0.3, 0.4) is 0 Å². The molecule has 0 bridgehead atoms. The van der Waals surface area contributed by atoms with E-state index < -0.39 is 5.82 Å². The van der Waals surface area contributed by atoms with Gasteiger partial charge in [-0.05, 0) is 5.92 Å². The molecular weight excluding hydrogens is 237 g/mol. The molecule has 0 saturated heterocycles. The van der Waals surface area contributed by atoms with Crippen LogP contribution in [0.15, 0.2) is 12.1 Å². The number of benzene rings is 1. The third-order valence-electron chi connectivity index (χ3n) is 2.22. The molecule has 0 aliphatic heterocycles. The molecule has 0 heterocycles. The molecule has 0 aliphatic carbocycles. The fraction of sp³-hybridized carbons (Fsp3) is 0.538. The maximum Gasteiger partial charge on any atom is 0.167 e. The molecule has 1 aromatic carbocycles. The van der Waals surface area contributed by atoms with Gasteiger partial charge in [-0.3, -0.25) is 0 Å². The third kappa shape index (κ3) is 4.41. The van der Waals surface area contributed by atoms with Crippen LogP contribution >= 0.6 is 0 Å². The van der Waals surface area contributed by atoms with E-state index >= 15 is 0 Å². The minimum Gasteiger partial charge on any atom is -0.494 e. The first kappa shape index (κ1) is 14.6. The zero-order chi connectivity index (χ0) is 13.5. The molecule has 0 spiro atoms. The highest BCUT2D eigenvalue weighted by molar-refractivity contribution is 5.56. The highest BCUT2D eigenvalue weighted by Gasteiger charge is 2.09. The number of methoxy groups -OCH3 is 1. The van der Waals surface area contributed by atoms with Gasteiger partial charge >= 0.3 is 0 Å². The molecule has 0 radical (unpaired) electrons. The number of anilines is 1. The standard InChI is InChI=1S/C13H20FNO3/c1-9(2)8-17-4-5-18-12-7-13(16-3)11(15)6-10(12)14/h6-7,9H,4-5,8,15H2,1-3H3. The topological polar surface area (TPSA) is 53.7 Å². The van der Waals surface area contributed by atoms with Crippen LogP contribution in [0.4, 0.5) is 10.1 Å². The average molecular weight is 257 g/mol. The van der Waals surface area contributed by atoms with Crippen molar-refractivity contribution in [1.82, 2.24) is 0 Å². The normalized spacial score (nSPS) is 10.7. The van der Waals surface area contributed by atoms with E-state index in [2.05, 4.69) is 13.8 Å². The Kier molecular flexibility index (Phi) is 5.71. The summed E-state index contributed by atoms with van der Waals surface area (Å²) in [4.78, 5) is 0. The SMILES string of the molecule is COc1cc(OCCOCC(C)C)c(F)cc1N. The maximum absolute atomic E-state index is 13.5. The van der Waals surface area contributed by atoms with Gasteiger partial charge in [0.25, 0.3) is 0 Å². The summed E-state index contributed by atoms with van der Waals surface area (Å²) < 4.78 is 29.1. The zero-order valence-corrected chi connectivity index (χ0v) is 11.0. The van der Waals surface area contributed by atoms with Crippen LogP contribution in [-0.4, -0.2) is 26.9 Å². The van der Waals surface area contributed by atoms with Gasteiger partial charge in [-0.2, -0.15) is 0 Å². The molecule has 0 amide bonds. The lowest BCUT2D eigenvalue weighted by atomic mass is 10.2. The summed E-state index contributed by atoms with van der Waals surface area (Å²) in [5.41, 5.74) is 5.81. The predicted molar refractivity (Wildman–Crippen MR) is 68.5 cm³/mol. The van der Waals surface area contributed by atoms with Gasteiger partial charge in [-0.1, -0.05) is 13.8 Å². The molecule has 0 fully saturated rings. The Morgan fingerprint density at radius 3 is 2.56 bits per heavy atom. The van der Waals surface area contributed by atoms with E-state index in [0.717, 1.165) is 0 Å². The number of nitrogens with two attached hydrogens (primary N) is 1. The van der Waals surface area contributed by atoms with Gasteiger partial charge in [0.1, 0.15) is 12.4 Å². The zero-order valence-electron chi connectivity index (χ0n) is 11.0. The molecule has 0 unspecified atom stereocenters. The number of hydrogen-bond donors (Lipinski definition) is 1. The average Bonchev–Trinajstić information content (AvgIpc) is 2.30. The Morgan fingerprint density at radius 1 is 1.22 bits per heavy atom. The lowest BCUT2D eigenvalue weighted by molar-refractivity contribution is 0.0807. The first-order valence-corrected chi connectivity index (χ1v) is 5.88. The molecule has 0 atom stereocenters. The van der Waals surface area contributed by atoms with Crippen molar-refractivity contribution in [3.05, 3.63) is 17.9 Å². The predicted octanol–water partition coefficient (Wildman–Crippen LogP) is 2.47. The molecule has 2 N–H and O–H groups in total. The third-order valence-corrected chi connectivity index (χ3v) is 2.22. The summed E-state index contributed by atoms with van der Waals surface area (Å²) in [6.45, 7) is 5.49. The second-order valence-electron chi connectivity index (χ2n) is 4.34. The fourth-order valence-electron chi connectivity index (χ4n) is 1.37. The summed E-state index contributed by atoms with van der Waals surface area (Å²) in [7, 11) is 1.47. The van der Waals surface area contributed by atoms with Crippen molar-refractivity contribution in [3.8, 4) is 11.5 Å². The highest BCUT2D eigenvalue weighted by atomic mass is 19.1. The van der Waals surface area contributed by atoms with E-state index in [0.29, 0.717) is 24.9 Å². The second kappa shape index (κ2) is 7.06. The van der Waals surface area contributed by atoms with Crippen LogP contribution in [0.5, 0.6) is 11.5 Å².